The molecule has 160 valence electrons. The Bertz CT molecular complexity index is 1040. The van der Waals surface area contributed by atoms with Crippen LogP contribution in [-0.2, 0) is 14.3 Å². The summed E-state index contributed by atoms with van der Waals surface area (Å²) in [6.07, 6.45) is 2.81. The van der Waals surface area contributed by atoms with Crippen molar-refractivity contribution in [2.24, 2.45) is 5.92 Å². The summed E-state index contributed by atoms with van der Waals surface area (Å²) in [5.41, 5.74) is 3.16. The number of nitrogens with zero attached hydrogens (tertiary/aromatic N) is 2. The average Bonchev–Trinajstić information content (AvgIpc) is 3.49. The normalized spacial score (nSPS) is 19.6. The van der Waals surface area contributed by atoms with Crippen molar-refractivity contribution in [1.82, 2.24) is 9.88 Å². The van der Waals surface area contributed by atoms with Crippen molar-refractivity contribution in [2.45, 2.75) is 31.8 Å². The van der Waals surface area contributed by atoms with E-state index in [2.05, 4.69) is 10.3 Å². The van der Waals surface area contributed by atoms with Gasteiger partial charge in [-0.25, -0.2) is 4.98 Å². The van der Waals surface area contributed by atoms with Gasteiger partial charge in [0.05, 0.1) is 0 Å². The number of carbonyl (C=O) groups is 2. The first-order chi connectivity index (χ1) is 15.2. The average molecular weight is 419 g/mol. The lowest BCUT2D eigenvalue weighted by Crippen LogP contribution is -2.45. The SMILES string of the molecule is O=C(Nc1ccc(-c2nc3ccccc3o2)cc1)C1CCN(C(=O)[C@H]2CCCO2)CC1. The minimum atomic E-state index is -0.287. The van der Waals surface area contributed by atoms with Crippen molar-refractivity contribution in [3.8, 4) is 11.5 Å². The Morgan fingerprint density at radius 1 is 1.00 bits per heavy atom. The highest BCUT2D eigenvalue weighted by Gasteiger charge is 2.32. The smallest absolute Gasteiger partial charge is 0.251 e. The fourth-order valence-corrected chi connectivity index (χ4v) is 4.27. The molecule has 0 unspecified atom stereocenters. The zero-order valence-corrected chi connectivity index (χ0v) is 17.3. The molecular weight excluding hydrogens is 394 g/mol. The van der Waals surface area contributed by atoms with E-state index in [0.29, 0.717) is 38.4 Å². The molecular formula is C24H25N3O4. The van der Waals surface area contributed by atoms with E-state index in [1.54, 1.807) is 0 Å². The molecule has 2 amide bonds. The van der Waals surface area contributed by atoms with Gasteiger partial charge in [0.1, 0.15) is 11.6 Å². The zero-order chi connectivity index (χ0) is 21.2. The molecule has 2 fully saturated rings. The van der Waals surface area contributed by atoms with Crippen molar-refractivity contribution in [3.05, 3.63) is 48.5 Å². The molecule has 0 saturated carbocycles. The monoisotopic (exact) mass is 419 g/mol. The van der Waals surface area contributed by atoms with Gasteiger partial charge in [0, 0.05) is 36.9 Å². The van der Waals surface area contributed by atoms with Gasteiger partial charge in [0.15, 0.2) is 5.58 Å². The van der Waals surface area contributed by atoms with Gasteiger partial charge in [0.25, 0.3) is 5.91 Å². The van der Waals surface area contributed by atoms with Crippen LogP contribution in [0.2, 0.25) is 0 Å². The molecule has 0 spiro atoms. The number of piperidine rings is 1. The number of anilines is 1. The highest BCUT2D eigenvalue weighted by atomic mass is 16.5. The molecule has 1 N–H and O–H groups in total. The number of ether oxygens (including phenoxy) is 1. The maximum atomic E-state index is 12.7. The lowest BCUT2D eigenvalue weighted by atomic mass is 9.95. The van der Waals surface area contributed by atoms with Crippen LogP contribution in [0.1, 0.15) is 25.7 Å². The number of nitrogens with one attached hydrogen (secondary N) is 1. The molecule has 0 bridgehead atoms. The molecule has 31 heavy (non-hydrogen) atoms. The highest BCUT2D eigenvalue weighted by molar-refractivity contribution is 5.93. The largest absolute Gasteiger partial charge is 0.436 e. The summed E-state index contributed by atoms with van der Waals surface area (Å²) in [7, 11) is 0. The third kappa shape index (κ3) is 4.18. The lowest BCUT2D eigenvalue weighted by Gasteiger charge is -2.32. The predicted molar refractivity (Wildman–Crippen MR) is 116 cm³/mol. The Kier molecular flexibility index (Phi) is 5.42. The van der Waals surface area contributed by atoms with Crippen LogP contribution >= 0.6 is 0 Å². The second-order valence-electron chi connectivity index (χ2n) is 8.15. The Balaban J connectivity index is 1.17. The van der Waals surface area contributed by atoms with Crippen LogP contribution in [0, 0.1) is 5.92 Å². The molecule has 7 nitrogen and oxygen atoms in total. The lowest BCUT2D eigenvalue weighted by molar-refractivity contribution is -0.143. The minimum Gasteiger partial charge on any atom is -0.436 e. The van der Waals surface area contributed by atoms with E-state index >= 15 is 0 Å². The number of hydrogen-bond acceptors (Lipinski definition) is 5. The molecule has 3 aromatic rings. The van der Waals surface area contributed by atoms with E-state index in [0.717, 1.165) is 35.2 Å². The van der Waals surface area contributed by atoms with E-state index in [1.165, 1.54) is 0 Å². The van der Waals surface area contributed by atoms with Gasteiger partial charge in [-0.05, 0) is 62.1 Å². The molecule has 1 atom stereocenters. The summed E-state index contributed by atoms with van der Waals surface area (Å²) < 4.78 is 11.3. The number of oxazole rings is 1. The number of rotatable bonds is 4. The van der Waals surface area contributed by atoms with Crippen molar-refractivity contribution >= 4 is 28.6 Å². The number of carbonyl (C=O) groups excluding carboxylic acids is 2. The van der Waals surface area contributed by atoms with Crippen LogP contribution in [0.3, 0.4) is 0 Å². The molecule has 3 heterocycles. The topological polar surface area (TPSA) is 84.7 Å². The van der Waals surface area contributed by atoms with Gasteiger partial charge in [-0.3, -0.25) is 9.59 Å². The van der Waals surface area contributed by atoms with Crippen LogP contribution in [-0.4, -0.2) is 47.5 Å². The first-order valence-electron chi connectivity index (χ1n) is 10.8. The number of hydrogen-bond donors (Lipinski definition) is 1. The standard InChI is InChI=1S/C24H25N3O4/c28-22(16-11-13-27(14-12-16)24(29)21-6-3-15-30-21)25-18-9-7-17(8-10-18)23-26-19-4-1-2-5-20(19)31-23/h1-2,4-5,7-10,16,21H,3,6,11-15H2,(H,25,28)/t21-/m1/s1. The van der Waals surface area contributed by atoms with Crippen LogP contribution < -0.4 is 5.32 Å². The number of aromatic nitrogens is 1. The van der Waals surface area contributed by atoms with E-state index in [9.17, 15) is 9.59 Å². The predicted octanol–water partition coefficient (Wildman–Crippen LogP) is 3.85. The fourth-order valence-electron chi connectivity index (χ4n) is 4.27. The Morgan fingerprint density at radius 2 is 1.77 bits per heavy atom. The van der Waals surface area contributed by atoms with Crippen molar-refractivity contribution in [1.29, 1.82) is 0 Å². The van der Waals surface area contributed by atoms with E-state index in [4.69, 9.17) is 9.15 Å². The van der Waals surface area contributed by atoms with E-state index in [1.807, 2.05) is 53.4 Å². The number of benzene rings is 2. The summed E-state index contributed by atoms with van der Waals surface area (Å²) in [5, 5.41) is 3.00. The maximum absolute atomic E-state index is 12.7. The van der Waals surface area contributed by atoms with Gasteiger partial charge in [-0.2, -0.15) is 0 Å². The maximum Gasteiger partial charge on any atom is 0.251 e. The molecule has 0 radical (unpaired) electrons. The van der Waals surface area contributed by atoms with Gasteiger partial charge >= 0.3 is 0 Å². The van der Waals surface area contributed by atoms with Gasteiger partial charge in [0.2, 0.25) is 11.8 Å². The number of likely N-dealkylation sites (tertiary alicyclic amines) is 1. The second-order valence-corrected chi connectivity index (χ2v) is 8.15. The molecule has 7 heteroatoms. The summed E-state index contributed by atoms with van der Waals surface area (Å²) in [6, 6.07) is 15.1. The van der Waals surface area contributed by atoms with E-state index < -0.39 is 0 Å². The third-order valence-electron chi connectivity index (χ3n) is 6.08. The number of amides is 2. The van der Waals surface area contributed by atoms with Crippen LogP contribution in [0.4, 0.5) is 5.69 Å². The Morgan fingerprint density at radius 3 is 2.48 bits per heavy atom. The van der Waals surface area contributed by atoms with Gasteiger partial charge in [-0.15, -0.1) is 0 Å². The first kappa shape index (κ1) is 19.8. The summed E-state index contributed by atoms with van der Waals surface area (Å²) in [5.74, 6) is 0.539. The van der Waals surface area contributed by atoms with Crippen LogP contribution in [0.15, 0.2) is 52.9 Å². The molecule has 5 rings (SSSR count). The third-order valence-corrected chi connectivity index (χ3v) is 6.08. The summed E-state index contributed by atoms with van der Waals surface area (Å²) >= 11 is 0. The van der Waals surface area contributed by atoms with Crippen LogP contribution in [0.5, 0.6) is 0 Å². The summed E-state index contributed by atoms with van der Waals surface area (Å²) in [6.45, 7) is 1.88. The molecule has 2 saturated heterocycles. The zero-order valence-electron chi connectivity index (χ0n) is 17.3. The quantitative estimate of drug-likeness (QED) is 0.694. The molecule has 1 aromatic heterocycles. The molecule has 2 aliphatic rings. The van der Waals surface area contributed by atoms with Crippen LogP contribution in [0.25, 0.3) is 22.6 Å². The van der Waals surface area contributed by atoms with Gasteiger partial charge in [-0.1, -0.05) is 12.1 Å². The van der Waals surface area contributed by atoms with Crippen molar-refractivity contribution in [3.63, 3.8) is 0 Å². The number of para-hydroxylation sites is 2. The minimum absolute atomic E-state index is 0.00109. The van der Waals surface area contributed by atoms with Gasteiger partial charge < -0.3 is 19.4 Å². The number of fused-ring (bicyclic) bond motifs is 1. The van der Waals surface area contributed by atoms with Crippen molar-refractivity contribution < 1.29 is 18.7 Å². The van der Waals surface area contributed by atoms with E-state index in [-0.39, 0.29) is 23.8 Å². The Labute approximate surface area is 180 Å². The summed E-state index contributed by atoms with van der Waals surface area (Å²) in [4.78, 5) is 31.5. The Hall–Kier alpha value is -3.19. The fraction of sp³-hybridized carbons (Fsp3) is 0.375. The van der Waals surface area contributed by atoms with Crippen molar-refractivity contribution in [2.75, 3.05) is 25.0 Å². The second kappa shape index (κ2) is 8.51. The molecule has 2 aromatic carbocycles. The molecule has 2 aliphatic heterocycles. The highest BCUT2D eigenvalue weighted by Crippen LogP contribution is 2.26. The molecule has 0 aliphatic carbocycles. The first-order valence-corrected chi connectivity index (χ1v) is 10.8.